The van der Waals surface area contributed by atoms with Crippen LogP contribution in [0.5, 0.6) is 5.75 Å². The van der Waals surface area contributed by atoms with Crippen LogP contribution >= 0.6 is 0 Å². The van der Waals surface area contributed by atoms with Crippen LogP contribution in [-0.2, 0) is 0 Å². The molecule has 1 aromatic carbocycles. The molecule has 0 unspecified atom stereocenters. The lowest BCUT2D eigenvalue weighted by atomic mass is 10.0. The molecule has 1 aromatic rings. The number of nitrogens with two attached hydrogens (primary N) is 1. The fraction of sp³-hybridized carbons (Fsp3) is 0.455. The van der Waals surface area contributed by atoms with E-state index in [-0.39, 0.29) is 11.9 Å². The third-order valence-electron chi connectivity index (χ3n) is 2.70. The minimum Gasteiger partial charge on any atom is -0.497 e. The van der Waals surface area contributed by atoms with E-state index in [1.807, 2.05) is 0 Å². The van der Waals surface area contributed by atoms with Gasteiger partial charge in [-0.3, -0.25) is 0 Å². The zero-order valence-corrected chi connectivity index (χ0v) is 8.16. The third-order valence-corrected chi connectivity index (χ3v) is 2.70. The van der Waals surface area contributed by atoms with E-state index in [1.165, 1.54) is 13.2 Å². The first-order chi connectivity index (χ1) is 6.72. The van der Waals surface area contributed by atoms with Gasteiger partial charge in [0.05, 0.1) is 7.11 Å². The molecular weight excluding hydrogens is 181 g/mol. The van der Waals surface area contributed by atoms with Gasteiger partial charge in [0.1, 0.15) is 11.6 Å². The molecule has 1 saturated carbocycles. The second-order valence-corrected chi connectivity index (χ2v) is 3.75. The lowest BCUT2D eigenvalue weighted by Gasteiger charge is -2.12. The Hall–Kier alpha value is -1.09. The molecule has 0 aromatic heterocycles. The van der Waals surface area contributed by atoms with Crippen LogP contribution in [0.15, 0.2) is 18.2 Å². The normalized spacial score (nSPS) is 17.9. The molecule has 0 radical (unpaired) electrons. The summed E-state index contributed by atoms with van der Waals surface area (Å²) in [7, 11) is 1.52. The van der Waals surface area contributed by atoms with Crippen molar-refractivity contribution in [3.63, 3.8) is 0 Å². The Balaban J connectivity index is 2.24. The van der Waals surface area contributed by atoms with Crippen LogP contribution in [0.1, 0.15) is 24.4 Å². The fourth-order valence-corrected chi connectivity index (χ4v) is 1.61. The van der Waals surface area contributed by atoms with Gasteiger partial charge in [0, 0.05) is 17.7 Å². The van der Waals surface area contributed by atoms with Crippen molar-refractivity contribution in [1.29, 1.82) is 0 Å². The molecule has 2 nitrogen and oxygen atoms in total. The molecule has 1 atom stereocenters. The monoisotopic (exact) mass is 195 g/mol. The molecule has 1 fully saturated rings. The van der Waals surface area contributed by atoms with Crippen molar-refractivity contribution in [3.05, 3.63) is 29.6 Å². The maximum absolute atomic E-state index is 13.5. The van der Waals surface area contributed by atoms with Gasteiger partial charge in [0.15, 0.2) is 0 Å². The Kier molecular flexibility index (Phi) is 2.42. The Morgan fingerprint density at radius 2 is 2.21 bits per heavy atom. The van der Waals surface area contributed by atoms with Gasteiger partial charge in [-0.15, -0.1) is 0 Å². The average molecular weight is 195 g/mol. The van der Waals surface area contributed by atoms with Gasteiger partial charge < -0.3 is 10.5 Å². The molecule has 1 aliphatic rings. The topological polar surface area (TPSA) is 35.2 Å². The van der Waals surface area contributed by atoms with Crippen molar-refractivity contribution in [2.45, 2.75) is 18.9 Å². The lowest BCUT2D eigenvalue weighted by Crippen LogP contribution is -2.14. The van der Waals surface area contributed by atoms with Gasteiger partial charge in [0.2, 0.25) is 0 Å². The number of hydrogen-bond acceptors (Lipinski definition) is 2. The summed E-state index contributed by atoms with van der Waals surface area (Å²) in [5.41, 5.74) is 6.52. The number of rotatable bonds is 3. The molecule has 0 spiro atoms. The van der Waals surface area contributed by atoms with Crippen LogP contribution in [0.2, 0.25) is 0 Å². The maximum atomic E-state index is 13.5. The van der Waals surface area contributed by atoms with Crippen molar-refractivity contribution in [1.82, 2.24) is 0 Å². The third kappa shape index (κ3) is 1.73. The fourth-order valence-electron chi connectivity index (χ4n) is 1.61. The number of ether oxygens (including phenoxy) is 1. The van der Waals surface area contributed by atoms with Crippen LogP contribution in [0.3, 0.4) is 0 Å². The van der Waals surface area contributed by atoms with Crippen molar-refractivity contribution >= 4 is 0 Å². The number of benzene rings is 1. The van der Waals surface area contributed by atoms with Crippen LogP contribution in [-0.4, -0.2) is 7.11 Å². The van der Waals surface area contributed by atoms with E-state index in [2.05, 4.69) is 0 Å². The standard InChI is InChI=1S/C11H14FNO/c1-14-8-4-5-9(10(12)6-8)11(13)7-2-3-7/h4-7,11H,2-3,13H2,1H3/t11-/m0/s1. The molecule has 0 heterocycles. The smallest absolute Gasteiger partial charge is 0.131 e. The average Bonchev–Trinajstić information content (AvgIpc) is 3.00. The van der Waals surface area contributed by atoms with E-state index in [9.17, 15) is 4.39 Å². The summed E-state index contributed by atoms with van der Waals surface area (Å²) in [6.45, 7) is 0. The second-order valence-electron chi connectivity index (χ2n) is 3.75. The Bertz CT molecular complexity index is 336. The van der Waals surface area contributed by atoms with Gasteiger partial charge in [-0.2, -0.15) is 0 Å². The van der Waals surface area contributed by atoms with Crippen molar-refractivity contribution in [2.75, 3.05) is 7.11 Å². The summed E-state index contributed by atoms with van der Waals surface area (Å²) in [4.78, 5) is 0. The van der Waals surface area contributed by atoms with Gasteiger partial charge in [-0.25, -0.2) is 4.39 Å². The molecule has 0 amide bonds. The summed E-state index contributed by atoms with van der Waals surface area (Å²) in [6, 6.07) is 4.70. The van der Waals surface area contributed by atoms with Gasteiger partial charge in [-0.1, -0.05) is 6.07 Å². The molecule has 2 rings (SSSR count). The zero-order valence-electron chi connectivity index (χ0n) is 8.16. The van der Waals surface area contributed by atoms with Crippen molar-refractivity contribution in [3.8, 4) is 5.75 Å². The van der Waals surface area contributed by atoms with E-state index in [0.717, 1.165) is 12.8 Å². The minimum atomic E-state index is -0.260. The summed E-state index contributed by atoms with van der Waals surface area (Å²) >= 11 is 0. The zero-order chi connectivity index (χ0) is 10.1. The highest BCUT2D eigenvalue weighted by atomic mass is 19.1. The molecule has 0 aliphatic heterocycles. The first kappa shape index (κ1) is 9.46. The van der Waals surface area contributed by atoms with Crippen molar-refractivity contribution < 1.29 is 9.13 Å². The van der Waals surface area contributed by atoms with Crippen LogP contribution in [0, 0.1) is 11.7 Å². The first-order valence-corrected chi connectivity index (χ1v) is 4.81. The highest BCUT2D eigenvalue weighted by Gasteiger charge is 2.31. The van der Waals surface area contributed by atoms with Gasteiger partial charge in [0.25, 0.3) is 0 Å². The highest BCUT2D eigenvalue weighted by Crippen LogP contribution is 2.40. The quantitative estimate of drug-likeness (QED) is 0.802. The summed E-state index contributed by atoms with van der Waals surface area (Å²) in [6.07, 6.45) is 2.24. The molecule has 0 saturated heterocycles. The first-order valence-electron chi connectivity index (χ1n) is 4.81. The summed E-state index contributed by atoms with van der Waals surface area (Å²) in [5, 5.41) is 0. The summed E-state index contributed by atoms with van der Waals surface area (Å²) in [5.74, 6) is 0.746. The Morgan fingerprint density at radius 1 is 1.50 bits per heavy atom. The summed E-state index contributed by atoms with van der Waals surface area (Å²) < 4.78 is 18.4. The van der Waals surface area contributed by atoms with E-state index in [1.54, 1.807) is 12.1 Å². The Morgan fingerprint density at radius 3 is 2.71 bits per heavy atom. The van der Waals surface area contributed by atoms with Crippen LogP contribution in [0.25, 0.3) is 0 Å². The molecule has 1 aliphatic carbocycles. The molecule has 0 bridgehead atoms. The SMILES string of the molecule is COc1ccc([C@@H](N)C2CC2)c(F)c1. The van der Waals surface area contributed by atoms with E-state index in [0.29, 0.717) is 17.2 Å². The lowest BCUT2D eigenvalue weighted by molar-refractivity contribution is 0.409. The van der Waals surface area contributed by atoms with Crippen molar-refractivity contribution in [2.24, 2.45) is 11.7 Å². The molecular formula is C11H14FNO. The van der Waals surface area contributed by atoms with Crippen LogP contribution < -0.4 is 10.5 Å². The van der Waals surface area contributed by atoms with Gasteiger partial charge >= 0.3 is 0 Å². The molecule has 76 valence electrons. The molecule has 14 heavy (non-hydrogen) atoms. The van der Waals surface area contributed by atoms with Crippen LogP contribution in [0.4, 0.5) is 4.39 Å². The van der Waals surface area contributed by atoms with E-state index in [4.69, 9.17) is 10.5 Å². The number of hydrogen-bond donors (Lipinski definition) is 1. The van der Waals surface area contributed by atoms with E-state index >= 15 is 0 Å². The molecule has 2 N–H and O–H groups in total. The second kappa shape index (κ2) is 3.58. The largest absolute Gasteiger partial charge is 0.497 e. The maximum Gasteiger partial charge on any atom is 0.131 e. The highest BCUT2D eigenvalue weighted by molar-refractivity contribution is 5.31. The predicted octanol–water partition coefficient (Wildman–Crippen LogP) is 2.24. The minimum absolute atomic E-state index is 0.152. The number of halogens is 1. The Labute approximate surface area is 82.9 Å². The molecule has 3 heteroatoms. The van der Waals surface area contributed by atoms with Gasteiger partial charge in [-0.05, 0) is 24.8 Å². The number of methoxy groups -OCH3 is 1. The van der Waals surface area contributed by atoms with E-state index < -0.39 is 0 Å². The predicted molar refractivity (Wildman–Crippen MR) is 52.6 cm³/mol.